The lowest BCUT2D eigenvalue weighted by molar-refractivity contribution is 0.218. The standard InChI is InChI=1S/C15H30N4O2S/c1-15(2)12-19(9-10-22(15,20)21)14(16-3)17-11-13-5-7-18(4)8-6-13/h13H,5-12H2,1-4H3,(H,16,17). The fourth-order valence-corrected chi connectivity index (χ4v) is 4.52. The molecule has 1 N–H and O–H groups in total. The van der Waals surface area contributed by atoms with Crippen LogP contribution in [0.1, 0.15) is 26.7 Å². The average Bonchev–Trinajstić information content (AvgIpc) is 2.45. The first-order valence-corrected chi connectivity index (χ1v) is 9.77. The summed E-state index contributed by atoms with van der Waals surface area (Å²) in [5.74, 6) is 1.71. The molecule has 2 rings (SSSR count). The van der Waals surface area contributed by atoms with Crippen LogP contribution in [-0.2, 0) is 9.84 Å². The smallest absolute Gasteiger partial charge is 0.193 e. The molecule has 2 fully saturated rings. The number of hydrogen-bond donors (Lipinski definition) is 1. The molecule has 0 radical (unpaired) electrons. The summed E-state index contributed by atoms with van der Waals surface area (Å²) in [5, 5.41) is 3.45. The minimum Gasteiger partial charge on any atom is -0.356 e. The normalized spacial score (nSPS) is 26.9. The van der Waals surface area contributed by atoms with Crippen LogP contribution in [0.2, 0.25) is 0 Å². The number of nitrogens with one attached hydrogen (secondary N) is 1. The molecule has 0 saturated carbocycles. The molecule has 0 aromatic heterocycles. The molecule has 7 heteroatoms. The zero-order valence-electron chi connectivity index (χ0n) is 14.3. The van der Waals surface area contributed by atoms with Crippen molar-refractivity contribution in [3.05, 3.63) is 0 Å². The monoisotopic (exact) mass is 330 g/mol. The number of rotatable bonds is 2. The zero-order valence-corrected chi connectivity index (χ0v) is 15.1. The van der Waals surface area contributed by atoms with Crippen molar-refractivity contribution in [3.8, 4) is 0 Å². The van der Waals surface area contributed by atoms with E-state index in [1.54, 1.807) is 20.9 Å². The molecule has 0 bridgehead atoms. The van der Waals surface area contributed by atoms with E-state index < -0.39 is 14.6 Å². The molecule has 0 aromatic rings. The number of aliphatic imine (C=N–C) groups is 1. The van der Waals surface area contributed by atoms with Gasteiger partial charge < -0.3 is 15.1 Å². The maximum atomic E-state index is 12.1. The van der Waals surface area contributed by atoms with Gasteiger partial charge in [-0.25, -0.2) is 8.42 Å². The van der Waals surface area contributed by atoms with E-state index in [-0.39, 0.29) is 5.75 Å². The minimum absolute atomic E-state index is 0.203. The lowest BCUT2D eigenvalue weighted by Crippen LogP contribution is -2.57. The molecule has 6 nitrogen and oxygen atoms in total. The lowest BCUT2D eigenvalue weighted by Gasteiger charge is -2.39. The molecule has 2 saturated heterocycles. The van der Waals surface area contributed by atoms with E-state index in [0.717, 1.165) is 25.6 Å². The molecule has 0 unspecified atom stereocenters. The van der Waals surface area contributed by atoms with E-state index in [0.29, 0.717) is 19.0 Å². The molecule has 2 aliphatic heterocycles. The first-order chi connectivity index (χ1) is 10.2. The Labute approximate surface area is 134 Å². The van der Waals surface area contributed by atoms with Gasteiger partial charge in [0.05, 0.1) is 10.5 Å². The van der Waals surface area contributed by atoms with Crippen molar-refractivity contribution in [2.75, 3.05) is 52.6 Å². The van der Waals surface area contributed by atoms with E-state index in [1.165, 1.54) is 12.8 Å². The third kappa shape index (κ3) is 3.93. The van der Waals surface area contributed by atoms with Crippen LogP contribution in [0.5, 0.6) is 0 Å². The van der Waals surface area contributed by atoms with Gasteiger partial charge in [0.25, 0.3) is 0 Å². The first kappa shape index (κ1) is 17.5. The van der Waals surface area contributed by atoms with Crippen LogP contribution in [0.3, 0.4) is 0 Å². The van der Waals surface area contributed by atoms with Crippen molar-refractivity contribution < 1.29 is 8.42 Å². The number of guanidine groups is 1. The minimum atomic E-state index is -3.01. The van der Waals surface area contributed by atoms with Crippen molar-refractivity contribution in [1.82, 2.24) is 15.1 Å². The second-order valence-corrected chi connectivity index (χ2v) is 9.92. The van der Waals surface area contributed by atoms with Crippen LogP contribution in [0.25, 0.3) is 0 Å². The third-order valence-electron chi connectivity index (χ3n) is 4.94. The van der Waals surface area contributed by atoms with Gasteiger partial charge in [0.2, 0.25) is 0 Å². The molecule has 2 aliphatic rings. The second kappa shape index (κ2) is 6.74. The Hall–Kier alpha value is -0.820. The zero-order chi connectivity index (χ0) is 16.4. The summed E-state index contributed by atoms with van der Waals surface area (Å²) in [6.45, 7) is 7.86. The van der Waals surface area contributed by atoms with E-state index in [4.69, 9.17) is 0 Å². The molecule has 0 spiro atoms. The highest BCUT2D eigenvalue weighted by atomic mass is 32.2. The topological polar surface area (TPSA) is 65.0 Å². The number of likely N-dealkylation sites (tertiary alicyclic amines) is 1. The highest BCUT2D eigenvalue weighted by Crippen LogP contribution is 2.23. The van der Waals surface area contributed by atoms with Crippen molar-refractivity contribution in [3.63, 3.8) is 0 Å². The summed E-state index contributed by atoms with van der Waals surface area (Å²) in [5.41, 5.74) is 0. The number of piperidine rings is 1. The fraction of sp³-hybridized carbons (Fsp3) is 0.933. The summed E-state index contributed by atoms with van der Waals surface area (Å²) in [4.78, 5) is 8.79. The molecular weight excluding hydrogens is 300 g/mol. The number of hydrogen-bond acceptors (Lipinski definition) is 4. The molecule has 0 amide bonds. The maximum absolute atomic E-state index is 12.1. The van der Waals surface area contributed by atoms with Gasteiger partial charge in [-0.05, 0) is 52.7 Å². The Kier molecular flexibility index (Phi) is 5.37. The van der Waals surface area contributed by atoms with E-state index >= 15 is 0 Å². The van der Waals surface area contributed by atoms with Crippen LogP contribution < -0.4 is 5.32 Å². The van der Waals surface area contributed by atoms with Gasteiger partial charge in [-0.15, -0.1) is 0 Å². The van der Waals surface area contributed by atoms with E-state index in [2.05, 4.69) is 27.2 Å². The SMILES string of the molecule is CN=C(NCC1CCN(C)CC1)N1CCS(=O)(=O)C(C)(C)C1. The summed E-state index contributed by atoms with van der Waals surface area (Å²) >= 11 is 0. The number of sulfone groups is 1. The Balaban J connectivity index is 1.90. The van der Waals surface area contributed by atoms with Gasteiger partial charge >= 0.3 is 0 Å². The van der Waals surface area contributed by atoms with Gasteiger partial charge in [-0.1, -0.05) is 0 Å². The van der Waals surface area contributed by atoms with E-state index in [1.807, 2.05) is 0 Å². The van der Waals surface area contributed by atoms with Gasteiger partial charge in [0.15, 0.2) is 15.8 Å². The Bertz CT molecular complexity index is 508. The highest BCUT2D eigenvalue weighted by Gasteiger charge is 2.41. The predicted octanol–water partition coefficient (Wildman–Crippen LogP) is 0.413. The van der Waals surface area contributed by atoms with Crippen LogP contribution in [0.15, 0.2) is 4.99 Å². The summed E-state index contributed by atoms with van der Waals surface area (Å²) < 4.78 is 23.5. The molecule has 128 valence electrons. The van der Waals surface area contributed by atoms with Gasteiger partial charge in [0.1, 0.15) is 0 Å². The molecule has 2 heterocycles. The van der Waals surface area contributed by atoms with Gasteiger partial charge in [-0.3, -0.25) is 4.99 Å². The fourth-order valence-electron chi connectivity index (χ4n) is 3.16. The summed E-state index contributed by atoms with van der Waals surface area (Å²) in [7, 11) is 0.929. The first-order valence-electron chi connectivity index (χ1n) is 8.11. The average molecular weight is 330 g/mol. The van der Waals surface area contributed by atoms with Gasteiger partial charge in [-0.2, -0.15) is 0 Å². The summed E-state index contributed by atoms with van der Waals surface area (Å²) in [6, 6.07) is 0. The van der Waals surface area contributed by atoms with E-state index in [9.17, 15) is 8.42 Å². The maximum Gasteiger partial charge on any atom is 0.193 e. The third-order valence-corrected chi connectivity index (χ3v) is 7.47. The molecule has 0 aromatic carbocycles. The number of nitrogens with zero attached hydrogens (tertiary/aromatic N) is 3. The van der Waals surface area contributed by atoms with Crippen LogP contribution in [0, 0.1) is 5.92 Å². The molecule has 0 aliphatic carbocycles. The van der Waals surface area contributed by atoms with Crippen molar-refractivity contribution in [2.24, 2.45) is 10.9 Å². The highest BCUT2D eigenvalue weighted by molar-refractivity contribution is 7.92. The van der Waals surface area contributed by atoms with Crippen molar-refractivity contribution in [2.45, 2.75) is 31.4 Å². The van der Waals surface area contributed by atoms with Crippen molar-refractivity contribution >= 4 is 15.8 Å². The van der Waals surface area contributed by atoms with Crippen LogP contribution >= 0.6 is 0 Å². The molecule has 22 heavy (non-hydrogen) atoms. The quantitative estimate of drug-likeness (QED) is 0.587. The Morgan fingerprint density at radius 1 is 1.27 bits per heavy atom. The van der Waals surface area contributed by atoms with Crippen molar-refractivity contribution in [1.29, 1.82) is 0 Å². The Morgan fingerprint density at radius 3 is 2.45 bits per heavy atom. The second-order valence-electron chi connectivity index (χ2n) is 7.17. The molecular formula is C15H30N4O2S. The largest absolute Gasteiger partial charge is 0.356 e. The lowest BCUT2D eigenvalue weighted by atomic mass is 9.97. The van der Waals surface area contributed by atoms with Crippen LogP contribution in [0.4, 0.5) is 0 Å². The Morgan fingerprint density at radius 2 is 1.91 bits per heavy atom. The molecule has 0 atom stereocenters. The van der Waals surface area contributed by atoms with Crippen LogP contribution in [-0.4, -0.2) is 81.5 Å². The summed E-state index contributed by atoms with van der Waals surface area (Å²) in [6.07, 6.45) is 2.42. The van der Waals surface area contributed by atoms with Gasteiger partial charge in [0, 0.05) is 26.7 Å². The predicted molar refractivity (Wildman–Crippen MR) is 91.0 cm³/mol.